The predicted octanol–water partition coefficient (Wildman–Crippen LogP) is 1.75. The van der Waals surface area contributed by atoms with Gasteiger partial charge in [0.15, 0.2) is 0 Å². The van der Waals surface area contributed by atoms with Crippen LogP contribution in [-0.4, -0.2) is 30.4 Å². The van der Waals surface area contributed by atoms with Crippen LogP contribution >= 0.6 is 15.9 Å². The maximum absolute atomic E-state index is 11.9. The summed E-state index contributed by atoms with van der Waals surface area (Å²) in [5.74, 6) is -0.564. The van der Waals surface area contributed by atoms with Gasteiger partial charge in [0.25, 0.3) is 0 Å². The van der Waals surface area contributed by atoms with E-state index in [1.165, 1.54) is 0 Å². The summed E-state index contributed by atoms with van der Waals surface area (Å²) in [5, 5.41) is 8.72. The fraction of sp³-hybridized carbons (Fsp3) is 0.364. The van der Waals surface area contributed by atoms with E-state index in [0.29, 0.717) is 5.75 Å². The number of hydrogen-bond acceptors (Lipinski definition) is 3. The Kier molecular flexibility index (Phi) is 5.37. The zero-order valence-electron chi connectivity index (χ0n) is 9.03. The van der Waals surface area contributed by atoms with Crippen molar-refractivity contribution in [3.63, 3.8) is 0 Å². The van der Waals surface area contributed by atoms with Crippen LogP contribution in [0, 0.1) is 0 Å². The highest BCUT2D eigenvalue weighted by molar-refractivity contribution is 9.10. The van der Waals surface area contributed by atoms with Crippen molar-refractivity contribution in [2.24, 2.45) is 5.73 Å². The monoisotopic (exact) mass is 305 g/mol. The van der Waals surface area contributed by atoms with Crippen LogP contribution in [0.3, 0.4) is 0 Å². The minimum Gasteiger partial charge on any atom is -0.491 e. The van der Waals surface area contributed by atoms with E-state index in [4.69, 9.17) is 15.6 Å². The lowest BCUT2D eigenvalue weighted by molar-refractivity contribution is -0.138. The third kappa shape index (κ3) is 4.32. The Labute approximate surface area is 107 Å². The van der Waals surface area contributed by atoms with Crippen molar-refractivity contribution in [3.8, 4) is 5.75 Å². The lowest BCUT2D eigenvalue weighted by atomic mass is 10.1. The van der Waals surface area contributed by atoms with Gasteiger partial charge in [-0.15, -0.1) is 0 Å². The van der Waals surface area contributed by atoms with E-state index in [0.717, 1.165) is 10.0 Å². The average Bonchev–Trinajstić information content (AvgIpc) is 2.29. The van der Waals surface area contributed by atoms with Crippen LogP contribution < -0.4 is 10.5 Å². The number of rotatable bonds is 6. The quantitative estimate of drug-likeness (QED) is 0.840. The molecule has 4 nitrogen and oxygen atoms in total. The molecule has 0 aliphatic rings. The van der Waals surface area contributed by atoms with Crippen molar-refractivity contribution in [1.82, 2.24) is 0 Å². The van der Waals surface area contributed by atoms with Gasteiger partial charge < -0.3 is 15.6 Å². The van der Waals surface area contributed by atoms with Crippen molar-refractivity contribution >= 4 is 21.9 Å². The predicted molar refractivity (Wildman–Crippen MR) is 64.9 cm³/mol. The molecule has 1 rings (SSSR count). The highest BCUT2D eigenvalue weighted by Crippen LogP contribution is 2.23. The van der Waals surface area contributed by atoms with E-state index in [1.807, 2.05) is 0 Å². The van der Waals surface area contributed by atoms with Gasteiger partial charge in [0, 0.05) is 4.47 Å². The Morgan fingerprint density at radius 1 is 1.59 bits per heavy atom. The summed E-state index contributed by atoms with van der Waals surface area (Å²) in [6.45, 7) is -0.591. The Hall–Kier alpha value is -1.14. The molecule has 1 unspecified atom stereocenters. The van der Waals surface area contributed by atoms with Crippen LogP contribution in [0.4, 0.5) is 4.39 Å². The number of hydrogen-bond donors (Lipinski definition) is 2. The second-order valence-corrected chi connectivity index (χ2v) is 4.29. The van der Waals surface area contributed by atoms with Crippen molar-refractivity contribution in [1.29, 1.82) is 0 Å². The molecule has 0 heterocycles. The van der Waals surface area contributed by atoms with Crippen molar-refractivity contribution in [2.75, 3.05) is 13.3 Å². The number of benzene rings is 1. The average molecular weight is 306 g/mol. The van der Waals surface area contributed by atoms with Gasteiger partial charge in [0.2, 0.25) is 0 Å². The molecule has 94 valence electrons. The molecule has 0 spiro atoms. The third-order valence-electron chi connectivity index (χ3n) is 2.12. The molecule has 0 saturated carbocycles. The Balaban J connectivity index is 2.79. The fourth-order valence-corrected chi connectivity index (χ4v) is 1.69. The van der Waals surface area contributed by atoms with Crippen molar-refractivity contribution < 1.29 is 19.0 Å². The summed E-state index contributed by atoms with van der Waals surface area (Å²) < 4.78 is 17.8. The molecule has 6 heteroatoms. The van der Waals surface area contributed by atoms with Crippen LogP contribution in [0.25, 0.3) is 0 Å². The van der Waals surface area contributed by atoms with E-state index < -0.39 is 18.7 Å². The van der Waals surface area contributed by atoms with Crippen LogP contribution in [0.1, 0.15) is 5.56 Å². The van der Waals surface area contributed by atoms with E-state index in [2.05, 4.69) is 15.9 Å². The number of nitrogens with two attached hydrogens (primary N) is 1. The first-order chi connectivity index (χ1) is 8.04. The maximum Gasteiger partial charge on any atom is 0.320 e. The summed E-state index contributed by atoms with van der Waals surface area (Å²) in [5.41, 5.74) is 6.17. The molecule has 0 fully saturated rings. The lowest BCUT2D eigenvalue weighted by Gasteiger charge is -2.11. The van der Waals surface area contributed by atoms with Gasteiger partial charge in [-0.05, 0) is 30.2 Å². The van der Waals surface area contributed by atoms with E-state index in [1.54, 1.807) is 18.2 Å². The van der Waals surface area contributed by atoms with Gasteiger partial charge in [-0.1, -0.05) is 15.9 Å². The zero-order chi connectivity index (χ0) is 12.8. The molecule has 1 atom stereocenters. The molecular weight excluding hydrogens is 293 g/mol. The normalized spacial score (nSPS) is 12.2. The molecule has 0 radical (unpaired) electrons. The number of carboxylic acid groups (broad SMARTS) is 1. The van der Waals surface area contributed by atoms with Crippen molar-refractivity contribution in [2.45, 2.75) is 12.5 Å². The van der Waals surface area contributed by atoms with Crippen LogP contribution in [0.15, 0.2) is 22.7 Å². The zero-order valence-corrected chi connectivity index (χ0v) is 10.6. The van der Waals surface area contributed by atoms with Gasteiger partial charge in [0.05, 0.1) is 0 Å². The first-order valence-electron chi connectivity index (χ1n) is 5.00. The third-order valence-corrected chi connectivity index (χ3v) is 2.89. The molecule has 0 amide bonds. The van der Waals surface area contributed by atoms with Crippen LogP contribution in [0.5, 0.6) is 5.75 Å². The molecule has 17 heavy (non-hydrogen) atoms. The minimum absolute atomic E-state index is 0.0218. The van der Waals surface area contributed by atoms with Gasteiger partial charge in [-0.3, -0.25) is 4.79 Å². The number of carbonyl (C=O) groups is 1. The molecule has 0 saturated heterocycles. The highest BCUT2D eigenvalue weighted by Gasteiger charge is 2.14. The fourth-order valence-electron chi connectivity index (χ4n) is 1.28. The first-order valence-corrected chi connectivity index (χ1v) is 5.79. The largest absolute Gasteiger partial charge is 0.491 e. The molecule has 1 aromatic carbocycles. The molecule has 0 aliphatic heterocycles. The van der Waals surface area contributed by atoms with Crippen LogP contribution in [-0.2, 0) is 11.2 Å². The first kappa shape index (κ1) is 13.9. The van der Waals surface area contributed by atoms with E-state index >= 15 is 0 Å². The van der Waals surface area contributed by atoms with Gasteiger partial charge in [0.1, 0.15) is 25.1 Å². The number of alkyl halides is 1. The molecule has 0 aromatic heterocycles. The van der Waals surface area contributed by atoms with Gasteiger partial charge in [-0.2, -0.15) is 0 Å². The number of ether oxygens (including phenoxy) is 1. The Bertz CT molecular complexity index is 400. The van der Waals surface area contributed by atoms with E-state index in [-0.39, 0.29) is 13.0 Å². The summed E-state index contributed by atoms with van der Waals surface area (Å²) in [6, 6.07) is 4.08. The second kappa shape index (κ2) is 6.56. The summed E-state index contributed by atoms with van der Waals surface area (Å²) in [7, 11) is 0. The molecular formula is C11H13BrFNO3. The summed E-state index contributed by atoms with van der Waals surface area (Å²) >= 11 is 3.30. The summed E-state index contributed by atoms with van der Waals surface area (Å²) in [4.78, 5) is 10.7. The molecule has 0 aliphatic carbocycles. The standard InChI is InChI=1S/C11H13BrFNO3/c12-9-2-1-8(17-4-3-13)5-7(9)6-10(14)11(15)16/h1-2,5,10H,3-4,6,14H2,(H,15,16). The molecule has 0 bridgehead atoms. The maximum atomic E-state index is 11.9. The topological polar surface area (TPSA) is 72.5 Å². The van der Waals surface area contributed by atoms with Gasteiger partial charge >= 0.3 is 5.97 Å². The lowest BCUT2D eigenvalue weighted by Crippen LogP contribution is -2.32. The number of aliphatic carboxylic acids is 1. The van der Waals surface area contributed by atoms with Crippen molar-refractivity contribution in [3.05, 3.63) is 28.2 Å². The van der Waals surface area contributed by atoms with E-state index in [9.17, 15) is 9.18 Å². The molecule has 1 aromatic rings. The molecule has 3 N–H and O–H groups in total. The second-order valence-electron chi connectivity index (χ2n) is 3.44. The minimum atomic E-state index is -1.06. The van der Waals surface area contributed by atoms with Crippen LogP contribution in [0.2, 0.25) is 0 Å². The van der Waals surface area contributed by atoms with Gasteiger partial charge in [-0.25, -0.2) is 4.39 Å². The highest BCUT2D eigenvalue weighted by atomic mass is 79.9. The summed E-state index contributed by atoms with van der Waals surface area (Å²) in [6.07, 6.45) is 0.183. The number of carboxylic acids is 1. The Morgan fingerprint density at radius 2 is 2.29 bits per heavy atom. The Morgan fingerprint density at radius 3 is 2.88 bits per heavy atom. The smallest absolute Gasteiger partial charge is 0.320 e. The SMILES string of the molecule is NC(Cc1cc(OCCF)ccc1Br)C(=O)O. The number of halogens is 2.